The van der Waals surface area contributed by atoms with Crippen LogP contribution in [0.2, 0.25) is 0 Å². The third-order valence-electron chi connectivity index (χ3n) is 3.36. The summed E-state index contributed by atoms with van der Waals surface area (Å²) in [4.78, 5) is 14.1. The molecular weight excluding hydrogens is 252 g/mol. The zero-order valence-electron chi connectivity index (χ0n) is 12.7. The maximum Gasteiger partial charge on any atom is 0.227 e. The van der Waals surface area contributed by atoms with Crippen molar-refractivity contribution in [2.24, 2.45) is 17.6 Å². The largest absolute Gasteiger partial charge is 0.508 e. The highest BCUT2D eigenvalue weighted by Crippen LogP contribution is 2.22. The van der Waals surface area contributed by atoms with Crippen molar-refractivity contribution < 1.29 is 9.90 Å². The minimum Gasteiger partial charge on any atom is -0.508 e. The van der Waals surface area contributed by atoms with Gasteiger partial charge in [-0.05, 0) is 43.9 Å². The highest BCUT2D eigenvalue weighted by atomic mass is 16.3. The first-order chi connectivity index (χ1) is 9.47. The molecule has 1 aromatic carbocycles. The third-order valence-corrected chi connectivity index (χ3v) is 3.36. The monoisotopic (exact) mass is 278 g/mol. The number of carbonyl (C=O) groups is 1. The number of phenolic OH excluding ortho intramolecular Hbond substituents is 1. The number of carbonyl (C=O) groups excluding carboxylic acids is 1. The van der Waals surface area contributed by atoms with E-state index >= 15 is 0 Å². The van der Waals surface area contributed by atoms with Crippen LogP contribution in [0.1, 0.15) is 33.6 Å². The molecule has 0 aliphatic carbocycles. The summed E-state index contributed by atoms with van der Waals surface area (Å²) in [5.74, 6) is 0.988. The van der Waals surface area contributed by atoms with Crippen molar-refractivity contribution in [2.45, 2.75) is 33.6 Å². The van der Waals surface area contributed by atoms with Crippen molar-refractivity contribution in [3.05, 3.63) is 24.3 Å². The highest BCUT2D eigenvalue weighted by Gasteiger charge is 2.19. The molecule has 0 aliphatic rings. The lowest BCUT2D eigenvalue weighted by Crippen LogP contribution is -2.33. The molecule has 0 bridgehead atoms. The van der Waals surface area contributed by atoms with Gasteiger partial charge in [-0.3, -0.25) is 4.79 Å². The summed E-state index contributed by atoms with van der Waals surface area (Å²) in [6.45, 7) is 7.32. The lowest BCUT2D eigenvalue weighted by Gasteiger charge is -2.24. The van der Waals surface area contributed by atoms with Crippen molar-refractivity contribution in [3.63, 3.8) is 0 Å². The first kappa shape index (κ1) is 16.5. The number of amides is 1. The summed E-state index contributed by atoms with van der Waals surface area (Å²) in [5, 5.41) is 9.53. The van der Waals surface area contributed by atoms with E-state index in [0.717, 1.165) is 12.1 Å². The quantitative estimate of drug-likeness (QED) is 0.806. The van der Waals surface area contributed by atoms with E-state index in [4.69, 9.17) is 5.73 Å². The fraction of sp³-hybridized carbons (Fsp3) is 0.562. The summed E-state index contributed by atoms with van der Waals surface area (Å²) in [5.41, 5.74) is 6.50. The fourth-order valence-corrected chi connectivity index (χ4v) is 2.45. The number of hydrogen-bond acceptors (Lipinski definition) is 3. The van der Waals surface area contributed by atoms with Gasteiger partial charge in [0.1, 0.15) is 5.75 Å². The molecular formula is C16H26N2O2. The van der Waals surface area contributed by atoms with Gasteiger partial charge in [-0.2, -0.15) is 0 Å². The molecule has 0 spiro atoms. The van der Waals surface area contributed by atoms with Crippen LogP contribution < -0.4 is 10.6 Å². The van der Waals surface area contributed by atoms with Crippen molar-refractivity contribution in [3.8, 4) is 5.75 Å². The number of anilines is 1. The minimum atomic E-state index is 0.0641. The van der Waals surface area contributed by atoms with Crippen LogP contribution in [0, 0.1) is 11.8 Å². The van der Waals surface area contributed by atoms with E-state index in [1.807, 2.05) is 13.0 Å². The van der Waals surface area contributed by atoms with Gasteiger partial charge in [0.05, 0.1) is 0 Å². The Bertz CT molecular complexity index is 432. The Morgan fingerprint density at radius 1 is 1.40 bits per heavy atom. The Morgan fingerprint density at radius 3 is 2.60 bits per heavy atom. The van der Waals surface area contributed by atoms with Crippen molar-refractivity contribution in [1.82, 2.24) is 0 Å². The van der Waals surface area contributed by atoms with Gasteiger partial charge >= 0.3 is 0 Å². The molecule has 0 saturated heterocycles. The maximum atomic E-state index is 12.4. The smallest absolute Gasteiger partial charge is 0.227 e. The molecule has 0 fully saturated rings. The van der Waals surface area contributed by atoms with Crippen LogP contribution in [0.25, 0.3) is 0 Å². The molecule has 1 rings (SSSR count). The van der Waals surface area contributed by atoms with Crippen LogP contribution in [-0.2, 0) is 4.79 Å². The molecule has 0 aliphatic heterocycles. The lowest BCUT2D eigenvalue weighted by atomic mass is 9.93. The molecule has 4 heteroatoms. The Morgan fingerprint density at radius 2 is 2.10 bits per heavy atom. The zero-order chi connectivity index (χ0) is 15.1. The Kier molecular flexibility index (Phi) is 6.52. The van der Waals surface area contributed by atoms with E-state index in [0.29, 0.717) is 25.4 Å². The lowest BCUT2D eigenvalue weighted by molar-refractivity contribution is -0.119. The van der Waals surface area contributed by atoms with Gasteiger partial charge in [0.2, 0.25) is 5.91 Å². The van der Waals surface area contributed by atoms with E-state index in [1.165, 1.54) is 0 Å². The topological polar surface area (TPSA) is 66.6 Å². The van der Waals surface area contributed by atoms with Crippen molar-refractivity contribution >= 4 is 11.6 Å². The van der Waals surface area contributed by atoms with Crippen LogP contribution in [0.3, 0.4) is 0 Å². The number of nitrogens with two attached hydrogens (primary N) is 1. The van der Waals surface area contributed by atoms with Gasteiger partial charge in [-0.25, -0.2) is 0 Å². The zero-order valence-corrected chi connectivity index (χ0v) is 12.7. The standard InChI is InChI=1S/C16H26N2O2/c1-4-18(14-6-5-7-15(19)10-14)16(20)9-13(11-17)8-12(2)3/h5-7,10,12-13,19H,4,8-9,11,17H2,1-3H3. The van der Waals surface area contributed by atoms with Crippen LogP contribution in [0.15, 0.2) is 24.3 Å². The van der Waals surface area contributed by atoms with Gasteiger partial charge in [0.15, 0.2) is 0 Å². The number of aromatic hydroxyl groups is 1. The Hall–Kier alpha value is -1.55. The van der Waals surface area contributed by atoms with Gasteiger partial charge in [-0.1, -0.05) is 19.9 Å². The van der Waals surface area contributed by atoms with E-state index in [2.05, 4.69) is 13.8 Å². The van der Waals surface area contributed by atoms with Crippen LogP contribution in [0.4, 0.5) is 5.69 Å². The maximum absolute atomic E-state index is 12.4. The predicted molar refractivity (Wildman–Crippen MR) is 82.8 cm³/mol. The Balaban J connectivity index is 2.76. The Labute approximate surface area is 121 Å². The first-order valence-corrected chi connectivity index (χ1v) is 7.27. The molecule has 1 aromatic rings. The van der Waals surface area contributed by atoms with Crippen LogP contribution >= 0.6 is 0 Å². The highest BCUT2D eigenvalue weighted by molar-refractivity contribution is 5.93. The van der Waals surface area contributed by atoms with Gasteiger partial charge in [-0.15, -0.1) is 0 Å². The van der Waals surface area contributed by atoms with Gasteiger partial charge < -0.3 is 15.7 Å². The van der Waals surface area contributed by atoms with E-state index in [-0.39, 0.29) is 17.6 Å². The first-order valence-electron chi connectivity index (χ1n) is 7.27. The molecule has 1 amide bonds. The number of benzene rings is 1. The number of rotatable bonds is 7. The van der Waals surface area contributed by atoms with Crippen molar-refractivity contribution in [1.29, 1.82) is 0 Å². The number of hydrogen-bond donors (Lipinski definition) is 2. The minimum absolute atomic E-state index is 0.0641. The average molecular weight is 278 g/mol. The SMILES string of the molecule is CCN(C(=O)CC(CN)CC(C)C)c1cccc(O)c1. The predicted octanol–water partition coefficient (Wildman–Crippen LogP) is 2.76. The second-order valence-electron chi connectivity index (χ2n) is 5.59. The molecule has 1 atom stereocenters. The molecule has 0 aromatic heterocycles. The second kappa shape index (κ2) is 7.90. The van der Waals surface area contributed by atoms with Crippen LogP contribution in [-0.4, -0.2) is 24.1 Å². The number of phenols is 1. The summed E-state index contributed by atoms with van der Waals surface area (Å²) in [7, 11) is 0. The van der Waals surface area contributed by atoms with E-state index < -0.39 is 0 Å². The van der Waals surface area contributed by atoms with E-state index in [9.17, 15) is 9.90 Å². The van der Waals surface area contributed by atoms with Crippen molar-refractivity contribution in [2.75, 3.05) is 18.0 Å². The third kappa shape index (κ3) is 4.85. The second-order valence-corrected chi connectivity index (χ2v) is 5.59. The molecule has 0 radical (unpaired) electrons. The van der Waals surface area contributed by atoms with Crippen LogP contribution in [0.5, 0.6) is 5.75 Å². The molecule has 4 nitrogen and oxygen atoms in total. The summed E-state index contributed by atoms with van der Waals surface area (Å²) >= 11 is 0. The molecule has 0 heterocycles. The van der Waals surface area contributed by atoms with Gasteiger partial charge in [0, 0.05) is 24.7 Å². The molecule has 3 N–H and O–H groups in total. The van der Waals surface area contributed by atoms with Gasteiger partial charge in [0.25, 0.3) is 0 Å². The summed E-state index contributed by atoms with van der Waals surface area (Å²) in [6, 6.07) is 6.79. The molecule has 112 valence electrons. The average Bonchev–Trinajstić information content (AvgIpc) is 2.38. The molecule has 20 heavy (non-hydrogen) atoms. The number of nitrogens with zero attached hydrogens (tertiary/aromatic N) is 1. The summed E-state index contributed by atoms with van der Waals surface area (Å²) < 4.78 is 0. The molecule has 1 unspecified atom stereocenters. The normalized spacial score (nSPS) is 12.4. The molecule has 0 saturated carbocycles. The summed E-state index contributed by atoms with van der Waals surface area (Å²) in [6.07, 6.45) is 1.41. The fourth-order valence-electron chi connectivity index (χ4n) is 2.45. The van der Waals surface area contributed by atoms with E-state index in [1.54, 1.807) is 23.1 Å².